The molecule has 0 aromatic rings. The van der Waals surface area contributed by atoms with Crippen LogP contribution in [0.15, 0.2) is 0 Å². The normalized spacial score (nSPS) is 13.4. The van der Waals surface area contributed by atoms with Crippen LogP contribution in [0.2, 0.25) is 0 Å². The second kappa shape index (κ2) is 7.39. The zero-order chi connectivity index (χ0) is 14.4. The maximum absolute atomic E-state index is 11.5. The van der Waals surface area contributed by atoms with Crippen molar-refractivity contribution < 1.29 is 16.8 Å². The number of hydrogen-bond acceptors (Lipinski definition) is 4. The van der Waals surface area contributed by atoms with Crippen molar-refractivity contribution in [1.29, 1.82) is 0 Å². The van der Waals surface area contributed by atoms with Crippen molar-refractivity contribution in [2.45, 2.75) is 19.8 Å². The van der Waals surface area contributed by atoms with Crippen molar-refractivity contribution in [2.75, 3.05) is 40.0 Å². The molecule has 7 nitrogen and oxygen atoms in total. The molecule has 0 aromatic heterocycles. The van der Waals surface area contributed by atoms with E-state index in [4.69, 9.17) is 0 Å². The zero-order valence-corrected chi connectivity index (χ0v) is 13.0. The first-order valence-electron chi connectivity index (χ1n) is 5.73. The second-order valence-corrected chi connectivity index (χ2v) is 8.15. The summed E-state index contributed by atoms with van der Waals surface area (Å²) in [7, 11) is -3.97. The highest BCUT2D eigenvalue weighted by Gasteiger charge is 2.17. The number of nitrogens with one attached hydrogen (secondary N) is 1. The third-order valence-electron chi connectivity index (χ3n) is 2.36. The van der Waals surface area contributed by atoms with Crippen LogP contribution in [0.25, 0.3) is 0 Å². The lowest BCUT2D eigenvalue weighted by atomic mass is 10.3. The fourth-order valence-corrected chi connectivity index (χ4v) is 2.70. The fourth-order valence-electron chi connectivity index (χ4n) is 1.21. The van der Waals surface area contributed by atoms with Crippen LogP contribution >= 0.6 is 0 Å². The van der Waals surface area contributed by atoms with Gasteiger partial charge in [-0.05, 0) is 6.42 Å². The average molecular weight is 301 g/mol. The van der Waals surface area contributed by atoms with Crippen LogP contribution in [-0.2, 0) is 20.2 Å². The Hall–Kier alpha value is -0.220. The highest BCUT2D eigenvalue weighted by molar-refractivity contribution is 7.88. The van der Waals surface area contributed by atoms with Gasteiger partial charge in [-0.25, -0.2) is 17.4 Å². The fraction of sp³-hybridized carbons (Fsp3) is 1.00. The van der Waals surface area contributed by atoms with Crippen LogP contribution in [0.1, 0.15) is 19.8 Å². The number of unbranched alkanes of at least 4 members (excludes halogenated alkanes) is 1. The van der Waals surface area contributed by atoms with Gasteiger partial charge in [0.15, 0.2) is 0 Å². The predicted octanol–water partition coefficient (Wildman–Crippen LogP) is -0.556. The quantitative estimate of drug-likeness (QED) is 0.619. The summed E-state index contributed by atoms with van der Waals surface area (Å²) in [5.74, 6) is 0. The van der Waals surface area contributed by atoms with Gasteiger partial charge in [0.1, 0.15) is 0 Å². The molecule has 0 aliphatic heterocycles. The Bertz CT molecular complexity index is 431. The maximum atomic E-state index is 11.5. The third kappa shape index (κ3) is 6.64. The molecule has 110 valence electrons. The van der Waals surface area contributed by atoms with Gasteiger partial charge in [0, 0.05) is 33.7 Å². The Labute approximate surface area is 110 Å². The minimum absolute atomic E-state index is 0.0668. The van der Waals surface area contributed by atoms with Crippen LogP contribution in [0.4, 0.5) is 0 Å². The van der Waals surface area contributed by atoms with Crippen LogP contribution < -0.4 is 4.72 Å². The molecule has 18 heavy (non-hydrogen) atoms. The molecule has 0 aliphatic rings. The summed E-state index contributed by atoms with van der Waals surface area (Å²) in [6, 6.07) is 0. The van der Waals surface area contributed by atoms with Crippen molar-refractivity contribution in [3.63, 3.8) is 0 Å². The Morgan fingerprint density at radius 1 is 1.06 bits per heavy atom. The monoisotopic (exact) mass is 301 g/mol. The molecule has 0 rings (SSSR count). The van der Waals surface area contributed by atoms with E-state index in [0.29, 0.717) is 6.54 Å². The molecule has 0 fully saturated rings. The molecule has 9 heteroatoms. The number of nitrogens with zero attached hydrogens (tertiary/aromatic N) is 2. The predicted molar refractivity (Wildman–Crippen MR) is 71.9 cm³/mol. The number of hydrogen-bond donors (Lipinski definition) is 1. The van der Waals surface area contributed by atoms with Gasteiger partial charge in [-0.15, -0.1) is 0 Å². The van der Waals surface area contributed by atoms with Gasteiger partial charge in [0.2, 0.25) is 10.0 Å². The molecule has 0 spiro atoms. The van der Waals surface area contributed by atoms with Crippen LogP contribution in [0.3, 0.4) is 0 Å². The van der Waals surface area contributed by atoms with Crippen molar-refractivity contribution in [3.05, 3.63) is 0 Å². The van der Waals surface area contributed by atoms with Gasteiger partial charge in [-0.1, -0.05) is 13.3 Å². The Morgan fingerprint density at radius 2 is 1.61 bits per heavy atom. The van der Waals surface area contributed by atoms with Gasteiger partial charge in [0.25, 0.3) is 10.2 Å². The molecule has 0 saturated carbocycles. The largest absolute Gasteiger partial charge is 0.278 e. The molecule has 0 saturated heterocycles. The zero-order valence-electron chi connectivity index (χ0n) is 11.4. The first kappa shape index (κ1) is 17.8. The summed E-state index contributed by atoms with van der Waals surface area (Å²) >= 11 is 0. The van der Waals surface area contributed by atoms with E-state index in [2.05, 4.69) is 4.72 Å². The molecule has 0 aliphatic carbocycles. The number of rotatable bonds is 9. The second-order valence-electron chi connectivity index (χ2n) is 4.20. The minimum Gasteiger partial charge on any atom is -0.213 e. The Kier molecular flexibility index (Phi) is 7.30. The molecular formula is C9H23N3O4S2. The molecular weight excluding hydrogens is 278 g/mol. The van der Waals surface area contributed by atoms with Gasteiger partial charge in [-0.2, -0.15) is 12.7 Å². The van der Waals surface area contributed by atoms with E-state index < -0.39 is 20.2 Å². The van der Waals surface area contributed by atoms with Crippen molar-refractivity contribution >= 4 is 20.2 Å². The lowest BCUT2D eigenvalue weighted by Gasteiger charge is -2.20. The van der Waals surface area contributed by atoms with E-state index in [-0.39, 0.29) is 13.1 Å². The standard InChI is InChI=1S/C9H23N3O4S2/c1-5-6-8-12(17(4,13)14)9-7-10-18(15,16)11(2)3/h10H,5-9H2,1-4H3. The molecule has 0 atom stereocenters. The van der Waals surface area contributed by atoms with Gasteiger partial charge >= 0.3 is 0 Å². The summed E-state index contributed by atoms with van der Waals surface area (Å²) in [4.78, 5) is 0. The maximum Gasteiger partial charge on any atom is 0.278 e. The Morgan fingerprint density at radius 3 is 2.00 bits per heavy atom. The first-order chi connectivity index (χ1) is 8.11. The Balaban J connectivity index is 4.38. The van der Waals surface area contributed by atoms with E-state index in [1.807, 2.05) is 6.92 Å². The summed E-state index contributed by atoms with van der Waals surface area (Å²) < 4.78 is 50.4. The first-order valence-corrected chi connectivity index (χ1v) is 9.02. The minimum atomic E-state index is -3.50. The van der Waals surface area contributed by atoms with Crippen LogP contribution in [0, 0.1) is 0 Å². The summed E-state index contributed by atoms with van der Waals surface area (Å²) in [5, 5.41) is 0. The van der Waals surface area contributed by atoms with Gasteiger partial charge in [-0.3, -0.25) is 0 Å². The van der Waals surface area contributed by atoms with Crippen molar-refractivity contribution in [3.8, 4) is 0 Å². The van der Waals surface area contributed by atoms with E-state index in [1.165, 1.54) is 18.4 Å². The summed E-state index contributed by atoms with van der Waals surface area (Å²) in [6.45, 7) is 2.59. The van der Waals surface area contributed by atoms with Crippen molar-refractivity contribution in [2.24, 2.45) is 0 Å². The highest BCUT2D eigenvalue weighted by atomic mass is 32.2. The van der Waals surface area contributed by atoms with Crippen LogP contribution in [0.5, 0.6) is 0 Å². The lowest BCUT2D eigenvalue weighted by molar-refractivity contribution is 0.406. The molecule has 0 aromatic carbocycles. The topological polar surface area (TPSA) is 86.8 Å². The summed E-state index contributed by atoms with van der Waals surface area (Å²) in [5.41, 5.74) is 0. The third-order valence-corrected chi connectivity index (χ3v) is 5.19. The molecule has 1 N–H and O–H groups in total. The smallest absolute Gasteiger partial charge is 0.213 e. The highest BCUT2D eigenvalue weighted by Crippen LogP contribution is 2.01. The SMILES string of the molecule is CCCCN(CCNS(=O)(=O)N(C)C)S(C)(=O)=O. The van der Waals surface area contributed by atoms with Gasteiger partial charge < -0.3 is 0 Å². The van der Waals surface area contributed by atoms with E-state index in [9.17, 15) is 16.8 Å². The van der Waals surface area contributed by atoms with Gasteiger partial charge in [0.05, 0.1) is 6.26 Å². The molecule has 0 unspecified atom stereocenters. The molecule has 0 radical (unpaired) electrons. The molecule has 0 amide bonds. The van der Waals surface area contributed by atoms with Crippen molar-refractivity contribution in [1.82, 2.24) is 13.3 Å². The number of sulfonamides is 1. The van der Waals surface area contributed by atoms with Crippen LogP contribution in [-0.4, -0.2) is 65.4 Å². The molecule has 0 heterocycles. The average Bonchev–Trinajstić information content (AvgIpc) is 2.20. The van der Waals surface area contributed by atoms with E-state index in [1.54, 1.807) is 0 Å². The lowest BCUT2D eigenvalue weighted by Crippen LogP contribution is -2.42. The van der Waals surface area contributed by atoms with E-state index in [0.717, 1.165) is 23.4 Å². The summed E-state index contributed by atoms with van der Waals surface area (Å²) in [6.07, 6.45) is 2.77. The van der Waals surface area contributed by atoms with E-state index >= 15 is 0 Å². The molecule has 0 bridgehead atoms.